The topological polar surface area (TPSA) is 62.5 Å². The van der Waals surface area contributed by atoms with Crippen LogP contribution in [0.3, 0.4) is 0 Å². The molecule has 6 nitrogen and oxygen atoms in total. The highest BCUT2D eigenvalue weighted by molar-refractivity contribution is 5.93. The van der Waals surface area contributed by atoms with E-state index in [9.17, 15) is 4.79 Å². The van der Waals surface area contributed by atoms with E-state index in [0.717, 1.165) is 18.7 Å². The van der Waals surface area contributed by atoms with E-state index in [0.29, 0.717) is 11.3 Å². The molecule has 0 saturated heterocycles. The molecular formula is C15H21N5O. The molecule has 1 N–H and O–H groups in total. The van der Waals surface area contributed by atoms with Gasteiger partial charge in [0.15, 0.2) is 5.65 Å². The summed E-state index contributed by atoms with van der Waals surface area (Å²) in [6.07, 6.45) is 7.50. The van der Waals surface area contributed by atoms with E-state index in [4.69, 9.17) is 0 Å². The average Bonchev–Trinajstić information content (AvgIpc) is 2.95. The number of anilines is 1. The second-order valence-corrected chi connectivity index (χ2v) is 5.80. The first-order chi connectivity index (χ1) is 10.1. The van der Waals surface area contributed by atoms with Crippen molar-refractivity contribution in [2.24, 2.45) is 0 Å². The normalized spacial score (nSPS) is 16.1. The van der Waals surface area contributed by atoms with Crippen LogP contribution in [0.1, 0.15) is 42.6 Å². The second kappa shape index (κ2) is 5.71. The Bertz CT molecular complexity index is 643. The van der Waals surface area contributed by atoms with E-state index in [1.807, 2.05) is 25.1 Å². The van der Waals surface area contributed by atoms with E-state index in [-0.39, 0.29) is 11.9 Å². The van der Waals surface area contributed by atoms with Crippen molar-refractivity contribution in [1.29, 1.82) is 0 Å². The SMILES string of the molecule is CN(C)c1cc(C(=O)NC2CCCCC2)nc2ccnn12. The summed E-state index contributed by atoms with van der Waals surface area (Å²) in [5.74, 6) is 0.757. The Labute approximate surface area is 124 Å². The van der Waals surface area contributed by atoms with Crippen LogP contribution in [0.25, 0.3) is 5.65 Å². The molecule has 0 unspecified atom stereocenters. The van der Waals surface area contributed by atoms with Gasteiger partial charge in [0.1, 0.15) is 11.5 Å². The Morgan fingerprint density at radius 3 is 2.81 bits per heavy atom. The maximum atomic E-state index is 12.4. The van der Waals surface area contributed by atoms with Crippen LogP contribution in [0.15, 0.2) is 18.3 Å². The number of nitrogens with zero attached hydrogens (tertiary/aromatic N) is 4. The summed E-state index contributed by atoms with van der Waals surface area (Å²) >= 11 is 0. The Kier molecular flexibility index (Phi) is 3.77. The molecule has 1 amide bonds. The molecule has 0 aromatic carbocycles. The van der Waals surface area contributed by atoms with Gasteiger partial charge in [0.05, 0.1) is 6.20 Å². The van der Waals surface area contributed by atoms with Crippen molar-refractivity contribution in [3.63, 3.8) is 0 Å². The lowest BCUT2D eigenvalue weighted by atomic mass is 9.95. The molecule has 1 aliphatic rings. The summed E-state index contributed by atoms with van der Waals surface area (Å²) in [6.45, 7) is 0. The molecule has 2 aromatic heterocycles. The molecule has 2 aromatic rings. The summed E-state index contributed by atoms with van der Waals surface area (Å²) in [6, 6.07) is 3.89. The Morgan fingerprint density at radius 1 is 1.33 bits per heavy atom. The zero-order valence-corrected chi connectivity index (χ0v) is 12.5. The summed E-state index contributed by atoms with van der Waals surface area (Å²) in [5.41, 5.74) is 1.15. The number of carbonyl (C=O) groups excluding carboxylic acids is 1. The van der Waals surface area contributed by atoms with Crippen LogP contribution in [-0.2, 0) is 0 Å². The van der Waals surface area contributed by atoms with Gasteiger partial charge in [0, 0.05) is 32.3 Å². The third-order valence-corrected chi connectivity index (χ3v) is 3.97. The van der Waals surface area contributed by atoms with Crippen LogP contribution >= 0.6 is 0 Å². The second-order valence-electron chi connectivity index (χ2n) is 5.80. The maximum absolute atomic E-state index is 12.4. The first-order valence-electron chi connectivity index (χ1n) is 7.48. The van der Waals surface area contributed by atoms with Crippen molar-refractivity contribution in [3.8, 4) is 0 Å². The monoisotopic (exact) mass is 287 g/mol. The lowest BCUT2D eigenvalue weighted by molar-refractivity contribution is 0.0923. The van der Waals surface area contributed by atoms with Crippen molar-refractivity contribution in [2.75, 3.05) is 19.0 Å². The smallest absolute Gasteiger partial charge is 0.270 e. The molecule has 2 heterocycles. The van der Waals surface area contributed by atoms with Gasteiger partial charge in [-0.15, -0.1) is 0 Å². The minimum Gasteiger partial charge on any atom is -0.363 e. The van der Waals surface area contributed by atoms with Crippen LogP contribution in [0, 0.1) is 0 Å². The molecule has 0 bridgehead atoms. The minimum absolute atomic E-state index is 0.0892. The molecule has 21 heavy (non-hydrogen) atoms. The zero-order chi connectivity index (χ0) is 14.8. The van der Waals surface area contributed by atoms with Crippen molar-refractivity contribution < 1.29 is 4.79 Å². The zero-order valence-electron chi connectivity index (χ0n) is 12.5. The molecule has 1 aliphatic carbocycles. The van der Waals surface area contributed by atoms with Crippen LogP contribution in [0.4, 0.5) is 5.82 Å². The number of nitrogens with one attached hydrogen (secondary N) is 1. The first-order valence-corrected chi connectivity index (χ1v) is 7.48. The fraction of sp³-hybridized carbons (Fsp3) is 0.533. The molecule has 112 valence electrons. The van der Waals surface area contributed by atoms with Crippen LogP contribution in [-0.4, -0.2) is 40.6 Å². The Morgan fingerprint density at radius 2 is 2.10 bits per heavy atom. The van der Waals surface area contributed by atoms with Gasteiger partial charge in [0.2, 0.25) is 0 Å². The molecule has 0 atom stereocenters. The van der Waals surface area contributed by atoms with Crippen molar-refractivity contribution in [1.82, 2.24) is 19.9 Å². The molecule has 3 rings (SSSR count). The lowest BCUT2D eigenvalue weighted by Crippen LogP contribution is -2.36. The van der Waals surface area contributed by atoms with Gasteiger partial charge in [-0.25, -0.2) is 4.98 Å². The van der Waals surface area contributed by atoms with E-state index in [1.54, 1.807) is 16.8 Å². The van der Waals surface area contributed by atoms with Gasteiger partial charge >= 0.3 is 0 Å². The predicted octanol–water partition coefficient (Wildman–Crippen LogP) is 1.86. The Hall–Kier alpha value is -2.11. The maximum Gasteiger partial charge on any atom is 0.270 e. The largest absolute Gasteiger partial charge is 0.363 e. The third kappa shape index (κ3) is 2.84. The van der Waals surface area contributed by atoms with Gasteiger partial charge in [-0.3, -0.25) is 4.79 Å². The number of amides is 1. The number of hydrogen-bond acceptors (Lipinski definition) is 4. The lowest BCUT2D eigenvalue weighted by Gasteiger charge is -2.23. The minimum atomic E-state index is -0.0892. The van der Waals surface area contributed by atoms with Crippen LogP contribution in [0.5, 0.6) is 0 Å². The van der Waals surface area contributed by atoms with E-state index >= 15 is 0 Å². The van der Waals surface area contributed by atoms with Crippen molar-refractivity contribution in [3.05, 3.63) is 24.0 Å². The third-order valence-electron chi connectivity index (χ3n) is 3.97. The van der Waals surface area contributed by atoms with E-state index in [1.165, 1.54) is 19.3 Å². The summed E-state index contributed by atoms with van der Waals surface area (Å²) in [4.78, 5) is 18.8. The quantitative estimate of drug-likeness (QED) is 0.936. The summed E-state index contributed by atoms with van der Waals surface area (Å²) in [7, 11) is 3.86. The molecule has 6 heteroatoms. The van der Waals surface area contributed by atoms with Gasteiger partial charge in [-0.1, -0.05) is 19.3 Å². The molecule has 1 fully saturated rings. The fourth-order valence-electron chi connectivity index (χ4n) is 2.84. The van der Waals surface area contributed by atoms with Gasteiger partial charge < -0.3 is 10.2 Å². The number of hydrogen-bond donors (Lipinski definition) is 1. The standard InChI is InChI=1S/C15H21N5O/c1-19(2)14-10-12(18-13-8-9-16-20(13)14)15(21)17-11-6-4-3-5-7-11/h8-11H,3-7H2,1-2H3,(H,17,21). The van der Waals surface area contributed by atoms with Crippen LogP contribution < -0.4 is 10.2 Å². The molecule has 1 saturated carbocycles. The summed E-state index contributed by atoms with van der Waals surface area (Å²) in [5, 5.41) is 7.35. The van der Waals surface area contributed by atoms with E-state index < -0.39 is 0 Å². The van der Waals surface area contributed by atoms with E-state index in [2.05, 4.69) is 15.4 Å². The Balaban J connectivity index is 1.86. The highest BCUT2D eigenvalue weighted by atomic mass is 16.1. The predicted molar refractivity (Wildman–Crippen MR) is 81.7 cm³/mol. The number of rotatable bonds is 3. The molecule has 0 aliphatic heterocycles. The van der Waals surface area contributed by atoms with Crippen LogP contribution in [0.2, 0.25) is 0 Å². The van der Waals surface area contributed by atoms with Gasteiger partial charge in [-0.2, -0.15) is 9.61 Å². The van der Waals surface area contributed by atoms with Gasteiger partial charge in [-0.05, 0) is 12.8 Å². The average molecular weight is 287 g/mol. The first kappa shape index (κ1) is 13.9. The number of aromatic nitrogens is 3. The van der Waals surface area contributed by atoms with Crippen molar-refractivity contribution >= 4 is 17.4 Å². The highest BCUT2D eigenvalue weighted by Gasteiger charge is 2.19. The van der Waals surface area contributed by atoms with Gasteiger partial charge in [0.25, 0.3) is 5.91 Å². The number of carbonyl (C=O) groups is 1. The molecular weight excluding hydrogens is 266 g/mol. The highest BCUT2D eigenvalue weighted by Crippen LogP contribution is 2.19. The fourth-order valence-corrected chi connectivity index (χ4v) is 2.84. The number of fused-ring (bicyclic) bond motifs is 1. The molecule has 0 radical (unpaired) electrons. The van der Waals surface area contributed by atoms with Crippen molar-refractivity contribution in [2.45, 2.75) is 38.1 Å². The molecule has 0 spiro atoms. The summed E-state index contributed by atoms with van der Waals surface area (Å²) < 4.78 is 1.73.